The van der Waals surface area contributed by atoms with Gasteiger partial charge in [0, 0.05) is 5.88 Å². The van der Waals surface area contributed by atoms with Gasteiger partial charge in [0.2, 0.25) is 0 Å². The number of aromatic nitrogens is 4. The number of nitrogens with one attached hydrogen (secondary N) is 1. The van der Waals surface area contributed by atoms with Gasteiger partial charge in [-0.25, -0.2) is 0 Å². The van der Waals surface area contributed by atoms with E-state index in [-0.39, 0.29) is 0 Å². The van der Waals surface area contributed by atoms with Crippen LogP contribution in [0.2, 0.25) is 0 Å². The van der Waals surface area contributed by atoms with Crippen LogP contribution in [0.15, 0.2) is 0 Å². The predicted molar refractivity (Wildman–Crippen MR) is 59.6 cm³/mol. The van der Waals surface area contributed by atoms with E-state index in [9.17, 15) is 0 Å². The van der Waals surface area contributed by atoms with Crippen molar-refractivity contribution in [3.8, 4) is 0 Å². The van der Waals surface area contributed by atoms with Crippen molar-refractivity contribution >= 4 is 11.6 Å². The molecule has 0 amide bonds. The minimum atomic E-state index is 0.638. The molecule has 1 heterocycles. The second-order valence-electron chi connectivity index (χ2n) is 3.58. The maximum Gasteiger partial charge on any atom is 0.188 e. The summed E-state index contributed by atoms with van der Waals surface area (Å²) in [5, 5.41) is 15.1. The van der Waals surface area contributed by atoms with Gasteiger partial charge in [0.05, 0.1) is 13.6 Å². The Balaban J connectivity index is 2.20. The van der Waals surface area contributed by atoms with Gasteiger partial charge in [-0.3, -0.25) is 0 Å². The molecule has 6 heteroatoms. The summed E-state index contributed by atoms with van der Waals surface area (Å²) in [5.41, 5.74) is 0. The van der Waals surface area contributed by atoms with Crippen molar-refractivity contribution in [2.45, 2.75) is 26.3 Å². The number of hydrogen-bond acceptors (Lipinski definition) is 4. The molecule has 0 spiro atoms. The van der Waals surface area contributed by atoms with Gasteiger partial charge in [0.25, 0.3) is 0 Å². The van der Waals surface area contributed by atoms with Gasteiger partial charge in [0.1, 0.15) is 0 Å². The second kappa shape index (κ2) is 6.74. The topological polar surface area (TPSA) is 55.6 Å². The summed E-state index contributed by atoms with van der Waals surface area (Å²) in [4.78, 5) is 1.47. The molecule has 0 saturated carbocycles. The Kier molecular flexibility index (Phi) is 5.57. The van der Waals surface area contributed by atoms with Crippen molar-refractivity contribution in [2.24, 2.45) is 13.0 Å². The van der Waals surface area contributed by atoms with E-state index in [1.165, 1.54) is 4.80 Å². The molecule has 1 aromatic heterocycles. The number of aryl methyl sites for hydroxylation is 1. The fourth-order valence-electron chi connectivity index (χ4n) is 1.39. The maximum atomic E-state index is 5.71. The third kappa shape index (κ3) is 4.57. The molecule has 0 aliphatic carbocycles. The Bertz CT molecular complexity index is 275. The second-order valence-corrected chi connectivity index (χ2v) is 3.96. The highest BCUT2D eigenvalue weighted by atomic mass is 35.5. The summed E-state index contributed by atoms with van der Waals surface area (Å²) >= 11 is 5.71. The van der Waals surface area contributed by atoms with Gasteiger partial charge >= 0.3 is 0 Å². The Labute approximate surface area is 95.2 Å². The van der Waals surface area contributed by atoms with E-state index in [1.54, 1.807) is 7.05 Å². The van der Waals surface area contributed by atoms with Crippen LogP contribution in [0, 0.1) is 5.92 Å². The van der Waals surface area contributed by atoms with E-state index in [4.69, 9.17) is 11.6 Å². The number of nitrogens with zero attached hydrogens (tertiary/aromatic N) is 4. The summed E-state index contributed by atoms with van der Waals surface area (Å²) < 4.78 is 0. The standard InChI is InChI=1S/C9H18ClN5/c1-3-8(4-5-10)6-11-7-9-12-14-15(2)13-9/h8,11H,3-7H2,1-2H3. The number of alkyl halides is 1. The Morgan fingerprint density at radius 3 is 2.87 bits per heavy atom. The van der Waals surface area contributed by atoms with Gasteiger partial charge in [0.15, 0.2) is 5.82 Å². The van der Waals surface area contributed by atoms with E-state index in [0.29, 0.717) is 12.5 Å². The van der Waals surface area contributed by atoms with E-state index in [2.05, 4.69) is 27.7 Å². The van der Waals surface area contributed by atoms with Crippen molar-refractivity contribution in [3.63, 3.8) is 0 Å². The first-order valence-corrected chi connectivity index (χ1v) is 5.79. The third-order valence-corrected chi connectivity index (χ3v) is 2.58. The number of rotatable bonds is 7. The minimum Gasteiger partial charge on any atom is -0.309 e. The average Bonchev–Trinajstić information content (AvgIpc) is 2.63. The maximum absolute atomic E-state index is 5.71. The first-order valence-electron chi connectivity index (χ1n) is 5.25. The molecule has 0 aromatic carbocycles. The molecule has 1 unspecified atom stereocenters. The van der Waals surface area contributed by atoms with Gasteiger partial charge in [-0.1, -0.05) is 13.3 Å². The zero-order valence-corrected chi connectivity index (χ0v) is 10.0. The third-order valence-electron chi connectivity index (χ3n) is 2.36. The fourth-order valence-corrected chi connectivity index (χ4v) is 1.70. The van der Waals surface area contributed by atoms with E-state index in [1.807, 2.05) is 0 Å². The average molecular weight is 232 g/mol. The molecular formula is C9H18ClN5. The van der Waals surface area contributed by atoms with Crippen molar-refractivity contribution < 1.29 is 0 Å². The summed E-state index contributed by atoms with van der Waals surface area (Å²) in [6.45, 7) is 3.81. The lowest BCUT2D eigenvalue weighted by atomic mass is 10.0. The van der Waals surface area contributed by atoms with Gasteiger partial charge in [-0.15, -0.1) is 21.8 Å². The smallest absolute Gasteiger partial charge is 0.188 e. The predicted octanol–water partition coefficient (Wildman–Crippen LogP) is 0.955. The molecule has 1 atom stereocenters. The number of halogens is 1. The Morgan fingerprint density at radius 2 is 2.33 bits per heavy atom. The minimum absolute atomic E-state index is 0.638. The summed E-state index contributed by atoms with van der Waals surface area (Å²) in [6, 6.07) is 0. The van der Waals surface area contributed by atoms with Crippen LogP contribution in [-0.4, -0.2) is 32.6 Å². The lowest BCUT2D eigenvalue weighted by molar-refractivity contribution is 0.447. The quantitative estimate of drug-likeness (QED) is 0.711. The van der Waals surface area contributed by atoms with Crippen LogP contribution < -0.4 is 5.32 Å². The van der Waals surface area contributed by atoms with Crippen LogP contribution in [-0.2, 0) is 13.6 Å². The van der Waals surface area contributed by atoms with Crippen LogP contribution in [0.5, 0.6) is 0 Å². The van der Waals surface area contributed by atoms with Crippen LogP contribution in [0.1, 0.15) is 25.6 Å². The summed E-state index contributed by atoms with van der Waals surface area (Å²) in [7, 11) is 1.76. The molecule has 1 rings (SSSR count). The molecule has 86 valence electrons. The molecular weight excluding hydrogens is 214 g/mol. The lowest BCUT2D eigenvalue weighted by Crippen LogP contribution is -2.23. The molecule has 1 N–H and O–H groups in total. The van der Waals surface area contributed by atoms with Gasteiger partial charge in [-0.2, -0.15) is 4.80 Å². The zero-order valence-electron chi connectivity index (χ0n) is 9.28. The highest BCUT2D eigenvalue weighted by Gasteiger charge is 2.06. The Hall–Kier alpha value is -0.680. The van der Waals surface area contributed by atoms with Gasteiger partial charge in [-0.05, 0) is 24.1 Å². The largest absolute Gasteiger partial charge is 0.309 e. The lowest BCUT2D eigenvalue weighted by Gasteiger charge is -2.12. The first-order chi connectivity index (χ1) is 7.26. The fraction of sp³-hybridized carbons (Fsp3) is 0.889. The molecule has 0 radical (unpaired) electrons. The molecule has 15 heavy (non-hydrogen) atoms. The van der Waals surface area contributed by atoms with Crippen LogP contribution in [0.4, 0.5) is 0 Å². The highest BCUT2D eigenvalue weighted by Crippen LogP contribution is 2.07. The zero-order chi connectivity index (χ0) is 11.1. The molecule has 0 bridgehead atoms. The molecule has 0 fully saturated rings. The van der Waals surface area contributed by atoms with Crippen molar-refractivity contribution in [1.29, 1.82) is 0 Å². The van der Waals surface area contributed by atoms with Crippen molar-refractivity contribution in [3.05, 3.63) is 5.82 Å². The molecule has 0 saturated heterocycles. The molecule has 0 aliphatic heterocycles. The van der Waals surface area contributed by atoms with E-state index >= 15 is 0 Å². The number of tetrazole rings is 1. The SMILES string of the molecule is CCC(CCCl)CNCc1nnn(C)n1. The van der Waals surface area contributed by atoms with Crippen LogP contribution >= 0.6 is 11.6 Å². The van der Waals surface area contributed by atoms with Crippen molar-refractivity contribution in [2.75, 3.05) is 12.4 Å². The van der Waals surface area contributed by atoms with Crippen molar-refractivity contribution in [1.82, 2.24) is 25.5 Å². The highest BCUT2D eigenvalue weighted by molar-refractivity contribution is 6.17. The molecule has 5 nitrogen and oxygen atoms in total. The molecule has 1 aromatic rings. The monoisotopic (exact) mass is 231 g/mol. The van der Waals surface area contributed by atoms with Crippen LogP contribution in [0.25, 0.3) is 0 Å². The van der Waals surface area contributed by atoms with Gasteiger partial charge < -0.3 is 5.32 Å². The van der Waals surface area contributed by atoms with Crippen LogP contribution in [0.3, 0.4) is 0 Å². The number of hydrogen-bond donors (Lipinski definition) is 1. The van der Waals surface area contributed by atoms with E-state index in [0.717, 1.165) is 31.1 Å². The summed E-state index contributed by atoms with van der Waals surface area (Å²) in [6.07, 6.45) is 2.20. The first kappa shape index (κ1) is 12.4. The molecule has 0 aliphatic rings. The normalized spacial score (nSPS) is 13.0. The van der Waals surface area contributed by atoms with E-state index < -0.39 is 0 Å². The summed E-state index contributed by atoms with van der Waals surface area (Å²) in [5.74, 6) is 2.10. The Morgan fingerprint density at radius 1 is 1.53 bits per heavy atom.